The van der Waals surface area contributed by atoms with Crippen molar-refractivity contribution in [2.45, 2.75) is 113 Å². The van der Waals surface area contributed by atoms with Crippen molar-refractivity contribution in [2.24, 2.45) is 23.7 Å². The zero-order valence-electron chi connectivity index (χ0n) is 29.0. The Balaban J connectivity index is 1.09. The lowest BCUT2D eigenvalue weighted by molar-refractivity contribution is -0.254. The first-order valence-corrected chi connectivity index (χ1v) is 19.8. The molecule has 3 heteroatoms. The summed E-state index contributed by atoms with van der Waals surface area (Å²) in [6, 6.07) is 43.3. The van der Waals surface area contributed by atoms with E-state index in [2.05, 4.69) is 119 Å². The number of hydrogen-bond donors (Lipinski definition) is 0. The van der Waals surface area contributed by atoms with E-state index in [1.807, 2.05) is 0 Å². The zero-order chi connectivity index (χ0) is 32.3. The monoisotopic (exact) mass is 648 g/mol. The van der Waals surface area contributed by atoms with Crippen molar-refractivity contribution in [1.29, 1.82) is 0 Å². The van der Waals surface area contributed by atoms with Gasteiger partial charge in [-0.25, -0.2) is 0 Å². The van der Waals surface area contributed by atoms with Crippen LogP contribution in [0.15, 0.2) is 109 Å². The maximum atomic E-state index is 7.43. The molecule has 49 heavy (non-hydrogen) atoms. The van der Waals surface area contributed by atoms with Crippen LogP contribution in [0.5, 0.6) is 0 Å². The van der Waals surface area contributed by atoms with Gasteiger partial charge in [-0.3, -0.25) is 4.90 Å². The van der Waals surface area contributed by atoms with E-state index in [0.717, 1.165) is 30.2 Å². The molecule has 6 aliphatic rings. The van der Waals surface area contributed by atoms with Crippen LogP contribution in [-0.2, 0) is 4.74 Å². The molecule has 10 unspecified atom stereocenters. The molecular formula is C46H52N2O. The number of piperidine rings is 1. The fraction of sp³-hybridized carbons (Fsp3) is 0.478. The molecule has 0 amide bonds. The summed E-state index contributed by atoms with van der Waals surface area (Å²) in [5, 5.41) is 0. The smallest absolute Gasteiger partial charge is 0.0757 e. The quantitative estimate of drug-likeness (QED) is 0.214. The number of fused-ring (bicyclic) bond motifs is 5. The second kappa shape index (κ2) is 12.7. The Labute approximate surface area is 293 Å². The molecule has 0 aromatic heterocycles. The Morgan fingerprint density at radius 3 is 1.92 bits per heavy atom. The van der Waals surface area contributed by atoms with Gasteiger partial charge in [0.15, 0.2) is 0 Å². The predicted molar refractivity (Wildman–Crippen MR) is 201 cm³/mol. The maximum Gasteiger partial charge on any atom is 0.0757 e. The topological polar surface area (TPSA) is 15.7 Å². The molecule has 4 aromatic rings. The average Bonchev–Trinajstić information content (AvgIpc) is 3.18. The number of nitrogens with zero attached hydrogens (tertiary/aromatic N) is 2. The van der Waals surface area contributed by atoms with Crippen LogP contribution in [0.3, 0.4) is 0 Å². The lowest BCUT2D eigenvalue weighted by Crippen LogP contribution is -2.76. The van der Waals surface area contributed by atoms with Gasteiger partial charge in [0.25, 0.3) is 0 Å². The standard InChI is InChI=1S/C46H52N2O/c1-3-13-31(14-4-1)33-25-27-35(28-26-33)47(36-18-11-17-34(29-36)32-15-5-2-6-16-32)42-30-44-46-45-38(20-12-21-39(42)45)37-19-7-8-22-40(37)48(46)41-23-9-10-24-43(41)49-44/h1-6,11,13-18,25-29,37-46H,7-10,12,19-24,30H2. The van der Waals surface area contributed by atoms with Gasteiger partial charge in [-0.05, 0) is 115 Å². The summed E-state index contributed by atoms with van der Waals surface area (Å²) in [5.74, 6) is 3.17. The van der Waals surface area contributed by atoms with E-state index in [4.69, 9.17) is 4.74 Å². The minimum absolute atomic E-state index is 0.331. The SMILES string of the molecule is c1ccc(-c2ccc(N(c3cccc(-c4ccccc4)c3)C3CC4OC5CCCCC5N5C6CCCCC6C6CCCC3C6C45)cc2)cc1. The van der Waals surface area contributed by atoms with Gasteiger partial charge in [-0.2, -0.15) is 0 Å². The normalized spacial score (nSPS) is 35.0. The number of hydrogen-bond acceptors (Lipinski definition) is 3. The summed E-state index contributed by atoms with van der Waals surface area (Å²) in [6.45, 7) is 0. The lowest BCUT2D eigenvalue weighted by Gasteiger charge is -2.69. The Morgan fingerprint density at radius 2 is 1.12 bits per heavy atom. The maximum absolute atomic E-state index is 7.43. The molecule has 2 aliphatic heterocycles. The molecule has 4 aromatic carbocycles. The van der Waals surface area contributed by atoms with Crippen LogP contribution in [-0.4, -0.2) is 41.3 Å². The Bertz CT molecular complexity index is 1740. The molecule has 3 nitrogen and oxygen atoms in total. The molecule has 0 spiro atoms. The van der Waals surface area contributed by atoms with E-state index in [1.165, 1.54) is 104 Å². The number of rotatable bonds is 5. The molecular weight excluding hydrogens is 597 g/mol. The van der Waals surface area contributed by atoms with Crippen molar-refractivity contribution >= 4 is 11.4 Å². The minimum atomic E-state index is 0.331. The third-order valence-corrected chi connectivity index (χ3v) is 14.1. The molecule has 252 valence electrons. The van der Waals surface area contributed by atoms with Gasteiger partial charge in [0.1, 0.15) is 0 Å². The molecule has 2 saturated heterocycles. The van der Waals surface area contributed by atoms with E-state index >= 15 is 0 Å². The van der Waals surface area contributed by atoms with Crippen molar-refractivity contribution in [1.82, 2.24) is 4.90 Å². The van der Waals surface area contributed by atoms with Crippen LogP contribution >= 0.6 is 0 Å². The second-order valence-electron chi connectivity index (χ2n) is 16.4. The fourth-order valence-electron chi connectivity index (χ4n) is 12.3. The third kappa shape index (κ3) is 5.21. The first kappa shape index (κ1) is 30.4. The highest BCUT2D eigenvalue weighted by Gasteiger charge is 2.63. The van der Waals surface area contributed by atoms with E-state index in [1.54, 1.807) is 0 Å². The van der Waals surface area contributed by atoms with Gasteiger partial charge in [-0.1, -0.05) is 117 Å². The lowest BCUT2D eigenvalue weighted by atomic mass is 9.51. The van der Waals surface area contributed by atoms with Gasteiger partial charge in [-0.15, -0.1) is 0 Å². The minimum Gasteiger partial charge on any atom is -0.372 e. The number of morpholine rings is 1. The van der Waals surface area contributed by atoms with Gasteiger partial charge in [0.05, 0.1) is 12.2 Å². The molecule has 0 N–H and O–H groups in total. The molecule has 4 saturated carbocycles. The largest absolute Gasteiger partial charge is 0.372 e. The first-order chi connectivity index (χ1) is 24.3. The van der Waals surface area contributed by atoms with Crippen LogP contribution in [0.1, 0.15) is 77.0 Å². The summed E-state index contributed by atoms with van der Waals surface area (Å²) >= 11 is 0. The van der Waals surface area contributed by atoms with Gasteiger partial charge in [0, 0.05) is 35.5 Å². The van der Waals surface area contributed by atoms with Crippen molar-refractivity contribution < 1.29 is 4.74 Å². The molecule has 4 aliphatic carbocycles. The summed E-state index contributed by atoms with van der Waals surface area (Å²) in [4.78, 5) is 5.99. The summed E-state index contributed by atoms with van der Waals surface area (Å²) in [7, 11) is 0. The number of anilines is 2. The molecule has 10 rings (SSSR count). The highest BCUT2D eigenvalue weighted by Crippen LogP contribution is 2.60. The van der Waals surface area contributed by atoms with E-state index in [9.17, 15) is 0 Å². The highest BCUT2D eigenvalue weighted by atomic mass is 16.5. The Hall–Kier alpha value is -3.40. The zero-order valence-corrected chi connectivity index (χ0v) is 29.0. The Kier molecular flexibility index (Phi) is 7.91. The van der Waals surface area contributed by atoms with Crippen molar-refractivity contribution in [2.75, 3.05) is 4.90 Å². The number of benzene rings is 4. The third-order valence-electron chi connectivity index (χ3n) is 14.1. The van der Waals surface area contributed by atoms with Gasteiger partial charge < -0.3 is 9.64 Å². The van der Waals surface area contributed by atoms with E-state index in [-0.39, 0.29) is 0 Å². The van der Waals surface area contributed by atoms with E-state index < -0.39 is 0 Å². The molecule has 10 atom stereocenters. The van der Waals surface area contributed by atoms with Crippen molar-refractivity contribution in [3.63, 3.8) is 0 Å². The van der Waals surface area contributed by atoms with Gasteiger partial charge in [0.2, 0.25) is 0 Å². The van der Waals surface area contributed by atoms with Crippen LogP contribution in [0.4, 0.5) is 11.4 Å². The predicted octanol–water partition coefficient (Wildman–Crippen LogP) is 10.9. The van der Waals surface area contributed by atoms with Crippen LogP contribution in [0.25, 0.3) is 22.3 Å². The van der Waals surface area contributed by atoms with E-state index in [0.29, 0.717) is 36.3 Å². The second-order valence-corrected chi connectivity index (χ2v) is 16.4. The summed E-state index contributed by atoms with van der Waals surface area (Å²) < 4.78 is 7.43. The fourth-order valence-corrected chi connectivity index (χ4v) is 12.3. The molecule has 2 heterocycles. The van der Waals surface area contributed by atoms with Crippen LogP contribution < -0.4 is 4.90 Å². The molecule has 0 radical (unpaired) electrons. The average molecular weight is 649 g/mol. The molecule has 0 bridgehead atoms. The van der Waals surface area contributed by atoms with Gasteiger partial charge >= 0.3 is 0 Å². The van der Waals surface area contributed by atoms with Crippen LogP contribution in [0.2, 0.25) is 0 Å². The highest BCUT2D eigenvalue weighted by molar-refractivity contribution is 5.74. The summed E-state index contributed by atoms with van der Waals surface area (Å²) in [5.41, 5.74) is 7.81. The van der Waals surface area contributed by atoms with Crippen LogP contribution in [0, 0.1) is 23.7 Å². The first-order valence-electron chi connectivity index (χ1n) is 19.8. The molecule has 6 fully saturated rings. The van der Waals surface area contributed by atoms with Crippen molar-refractivity contribution in [3.8, 4) is 22.3 Å². The summed E-state index contributed by atoms with van der Waals surface area (Å²) in [6.07, 6.45) is 17.2. The van der Waals surface area contributed by atoms with Crippen molar-refractivity contribution in [3.05, 3.63) is 109 Å². The Morgan fingerprint density at radius 1 is 0.490 bits per heavy atom. The number of ether oxygens (including phenoxy) is 1.